The third-order valence-corrected chi connectivity index (χ3v) is 3.41. The van der Waals surface area contributed by atoms with Gasteiger partial charge in [0.15, 0.2) is 0 Å². The van der Waals surface area contributed by atoms with Crippen LogP contribution >= 0.6 is 22.9 Å². The van der Waals surface area contributed by atoms with Crippen LogP contribution in [0.15, 0.2) is 24.4 Å². The lowest BCUT2D eigenvalue weighted by atomic mass is 10.4. The summed E-state index contributed by atoms with van der Waals surface area (Å²) in [7, 11) is 1.94. The number of halogens is 1. The van der Waals surface area contributed by atoms with Crippen LogP contribution in [-0.2, 0) is 6.54 Å². The third kappa shape index (κ3) is 2.32. The van der Waals surface area contributed by atoms with Crippen molar-refractivity contribution >= 4 is 33.8 Å². The highest BCUT2D eigenvalue weighted by molar-refractivity contribution is 7.20. The van der Waals surface area contributed by atoms with E-state index in [9.17, 15) is 0 Å². The van der Waals surface area contributed by atoms with Crippen molar-refractivity contribution in [1.82, 2.24) is 9.97 Å². The number of anilines is 2. The first-order valence-corrected chi connectivity index (χ1v) is 5.91. The maximum atomic E-state index is 5.89. The van der Waals surface area contributed by atoms with Crippen molar-refractivity contribution in [3.63, 3.8) is 0 Å². The molecule has 0 fully saturated rings. The lowest BCUT2D eigenvalue weighted by molar-refractivity contribution is 0.900. The number of hydrogen-bond acceptors (Lipinski definition) is 5. The highest BCUT2D eigenvalue weighted by Crippen LogP contribution is 2.32. The number of nitrogens with two attached hydrogens (primary N) is 1. The topological polar surface area (TPSA) is 55.0 Å². The van der Waals surface area contributed by atoms with Gasteiger partial charge in [-0.2, -0.15) is 0 Å². The maximum absolute atomic E-state index is 5.89. The summed E-state index contributed by atoms with van der Waals surface area (Å²) in [6.45, 7) is 0.340. The molecule has 0 unspecified atom stereocenters. The minimum atomic E-state index is 0.340. The first-order chi connectivity index (χ1) is 7.70. The van der Waals surface area contributed by atoms with Crippen molar-refractivity contribution in [2.75, 3.05) is 11.9 Å². The number of nitrogens with zero attached hydrogens (tertiary/aromatic N) is 3. The van der Waals surface area contributed by atoms with E-state index in [1.807, 2.05) is 30.1 Å². The Hall–Kier alpha value is -1.17. The summed E-state index contributed by atoms with van der Waals surface area (Å²) in [4.78, 5) is 10.3. The van der Waals surface area contributed by atoms with Crippen LogP contribution in [0.1, 0.15) is 5.82 Å². The molecule has 0 radical (unpaired) electrons. The third-order valence-electron chi connectivity index (χ3n) is 2.11. The molecule has 0 saturated carbocycles. The first kappa shape index (κ1) is 11.3. The molecule has 0 spiro atoms. The molecule has 84 valence electrons. The Bertz CT molecular complexity index is 485. The second kappa shape index (κ2) is 4.78. The second-order valence-corrected chi connectivity index (χ2v) is 4.87. The average molecular weight is 255 g/mol. The van der Waals surface area contributed by atoms with Crippen molar-refractivity contribution < 1.29 is 0 Å². The summed E-state index contributed by atoms with van der Waals surface area (Å²) in [5.74, 6) is 1.45. The van der Waals surface area contributed by atoms with Gasteiger partial charge in [-0.3, -0.25) is 0 Å². The molecule has 2 rings (SSSR count). The maximum Gasteiger partial charge on any atom is 0.144 e. The predicted octanol–water partition coefficient (Wildman–Crippen LogP) is 2.42. The van der Waals surface area contributed by atoms with Crippen LogP contribution in [0.5, 0.6) is 0 Å². The van der Waals surface area contributed by atoms with Gasteiger partial charge in [-0.15, -0.1) is 11.3 Å². The molecule has 0 bridgehead atoms. The van der Waals surface area contributed by atoms with Crippen LogP contribution in [-0.4, -0.2) is 17.0 Å². The Morgan fingerprint density at radius 1 is 1.44 bits per heavy atom. The second-order valence-electron chi connectivity index (χ2n) is 3.17. The highest BCUT2D eigenvalue weighted by Gasteiger charge is 2.08. The van der Waals surface area contributed by atoms with Crippen molar-refractivity contribution in [1.29, 1.82) is 0 Å². The van der Waals surface area contributed by atoms with E-state index in [2.05, 4.69) is 9.97 Å². The van der Waals surface area contributed by atoms with E-state index < -0.39 is 0 Å². The van der Waals surface area contributed by atoms with Gasteiger partial charge in [0.25, 0.3) is 0 Å². The van der Waals surface area contributed by atoms with E-state index in [0.717, 1.165) is 15.2 Å². The van der Waals surface area contributed by atoms with Crippen LogP contribution in [0.2, 0.25) is 4.34 Å². The summed E-state index contributed by atoms with van der Waals surface area (Å²) in [5.41, 5.74) is 5.50. The van der Waals surface area contributed by atoms with Crippen molar-refractivity contribution in [3.8, 4) is 0 Å². The Kier molecular flexibility index (Phi) is 3.38. The number of rotatable bonds is 3. The normalized spacial score (nSPS) is 10.4. The van der Waals surface area contributed by atoms with Gasteiger partial charge in [-0.1, -0.05) is 11.6 Å². The minimum absolute atomic E-state index is 0.340. The van der Waals surface area contributed by atoms with E-state index in [1.165, 1.54) is 11.3 Å². The largest absolute Gasteiger partial charge is 0.324 e. The molecule has 0 saturated heterocycles. The molecule has 16 heavy (non-hydrogen) atoms. The van der Waals surface area contributed by atoms with E-state index in [0.29, 0.717) is 12.4 Å². The molecule has 0 aliphatic heterocycles. The SMILES string of the molecule is CN(c1ccnc(CN)n1)c1ccc(Cl)s1. The molecule has 4 nitrogen and oxygen atoms in total. The number of thiophene rings is 1. The summed E-state index contributed by atoms with van der Waals surface area (Å²) in [6, 6.07) is 5.66. The van der Waals surface area contributed by atoms with Crippen LogP contribution in [0.4, 0.5) is 10.8 Å². The van der Waals surface area contributed by atoms with Gasteiger partial charge >= 0.3 is 0 Å². The molecule has 0 aromatic carbocycles. The predicted molar refractivity (Wildman–Crippen MR) is 67.3 cm³/mol. The Labute approximate surface area is 103 Å². The number of hydrogen-bond donors (Lipinski definition) is 1. The molecule has 2 aromatic rings. The standard InChI is InChI=1S/C10H11ClN4S/c1-15(10-3-2-7(11)16-10)9-4-5-13-8(6-12)14-9/h2-5H,6,12H2,1H3. The van der Waals surface area contributed by atoms with Crippen LogP contribution in [0.25, 0.3) is 0 Å². The summed E-state index contributed by atoms with van der Waals surface area (Å²) in [5, 5.41) is 1.03. The molecule has 2 heterocycles. The van der Waals surface area contributed by atoms with Gasteiger partial charge in [0, 0.05) is 13.2 Å². The Morgan fingerprint density at radius 3 is 2.88 bits per heavy atom. The van der Waals surface area contributed by atoms with Crippen molar-refractivity contribution in [2.45, 2.75) is 6.54 Å². The fourth-order valence-corrected chi connectivity index (χ4v) is 2.27. The lowest BCUT2D eigenvalue weighted by Gasteiger charge is -2.15. The first-order valence-electron chi connectivity index (χ1n) is 4.72. The van der Waals surface area contributed by atoms with Crippen LogP contribution < -0.4 is 10.6 Å². The van der Waals surface area contributed by atoms with Gasteiger partial charge in [-0.25, -0.2) is 9.97 Å². The van der Waals surface area contributed by atoms with Crippen LogP contribution in [0, 0.1) is 0 Å². The van der Waals surface area contributed by atoms with Crippen molar-refractivity contribution in [3.05, 3.63) is 34.6 Å². The molecule has 2 aromatic heterocycles. The number of aromatic nitrogens is 2. The van der Waals surface area contributed by atoms with Gasteiger partial charge in [0.1, 0.15) is 11.6 Å². The molecule has 6 heteroatoms. The van der Waals surface area contributed by atoms with Gasteiger partial charge < -0.3 is 10.6 Å². The fourth-order valence-electron chi connectivity index (χ4n) is 1.27. The van der Waals surface area contributed by atoms with Crippen molar-refractivity contribution in [2.24, 2.45) is 5.73 Å². The quantitative estimate of drug-likeness (QED) is 0.914. The monoisotopic (exact) mass is 254 g/mol. The average Bonchev–Trinajstić information content (AvgIpc) is 2.75. The lowest BCUT2D eigenvalue weighted by Crippen LogP contribution is -2.12. The molecule has 0 aliphatic rings. The van der Waals surface area contributed by atoms with E-state index in [1.54, 1.807) is 6.20 Å². The van der Waals surface area contributed by atoms with Gasteiger partial charge in [0.05, 0.1) is 15.9 Å². The molecule has 0 atom stereocenters. The fraction of sp³-hybridized carbons (Fsp3) is 0.200. The molecule has 0 amide bonds. The smallest absolute Gasteiger partial charge is 0.144 e. The summed E-state index contributed by atoms with van der Waals surface area (Å²) < 4.78 is 0.759. The van der Waals surface area contributed by atoms with E-state index >= 15 is 0 Å². The highest BCUT2D eigenvalue weighted by atomic mass is 35.5. The Balaban J connectivity index is 2.29. The minimum Gasteiger partial charge on any atom is -0.324 e. The molecule has 2 N–H and O–H groups in total. The summed E-state index contributed by atoms with van der Waals surface area (Å²) in [6.07, 6.45) is 1.70. The molecular formula is C10H11ClN4S. The van der Waals surface area contributed by atoms with Gasteiger partial charge in [0.2, 0.25) is 0 Å². The zero-order valence-electron chi connectivity index (χ0n) is 8.72. The zero-order valence-corrected chi connectivity index (χ0v) is 10.3. The van der Waals surface area contributed by atoms with Gasteiger partial charge in [-0.05, 0) is 18.2 Å². The summed E-state index contributed by atoms with van der Waals surface area (Å²) >= 11 is 7.39. The molecular weight excluding hydrogens is 244 g/mol. The Morgan fingerprint density at radius 2 is 2.25 bits per heavy atom. The molecule has 0 aliphatic carbocycles. The van der Waals surface area contributed by atoms with Crippen LogP contribution in [0.3, 0.4) is 0 Å². The van der Waals surface area contributed by atoms with E-state index in [4.69, 9.17) is 17.3 Å². The zero-order chi connectivity index (χ0) is 11.5. The van der Waals surface area contributed by atoms with E-state index in [-0.39, 0.29) is 0 Å².